The summed E-state index contributed by atoms with van der Waals surface area (Å²) in [5, 5.41) is 3.17. The van der Waals surface area contributed by atoms with Crippen LogP contribution in [-0.4, -0.2) is 25.4 Å². The summed E-state index contributed by atoms with van der Waals surface area (Å²) < 4.78 is 1.52. The van der Waals surface area contributed by atoms with Crippen LogP contribution in [0.3, 0.4) is 0 Å². The molecule has 0 radical (unpaired) electrons. The van der Waals surface area contributed by atoms with Crippen LogP contribution in [0.1, 0.15) is 15.9 Å². The maximum atomic E-state index is 13.1. The van der Waals surface area contributed by atoms with Gasteiger partial charge in [-0.1, -0.05) is 30.3 Å². The van der Waals surface area contributed by atoms with Gasteiger partial charge in [0.05, 0.1) is 6.54 Å². The largest absolute Gasteiger partial charge is 0.318 e. The molecule has 0 atom stereocenters. The van der Waals surface area contributed by atoms with E-state index in [0.717, 1.165) is 11.6 Å². The molecule has 29 heavy (non-hydrogen) atoms. The van der Waals surface area contributed by atoms with Crippen molar-refractivity contribution in [1.82, 2.24) is 19.5 Å². The highest BCUT2D eigenvalue weighted by Crippen LogP contribution is 2.14. The number of H-pyrrole nitrogens is 2. The fourth-order valence-corrected chi connectivity index (χ4v) is 3.22. The van der Waals surface area contributed by atoms with E-state index in [1.807, 2.05) is 30.3 Å². The molecule has 8 nitrogen and oxygen atoms in total. The smallest absolute Gasteiger partial charge is 0.265 e. The van der Waals surface area contributed by atoms with Gasteiger partial charge in [-0.3, -0.25) is 23.9 Å². The number of pyridine rings is 2. The van der Waals surface area contributed by atoms with Crippen LogP contribution in [0.25, 0.3) is 11.0 Å². The van der Waals surface area contributed by atoms with E-state index in [0.29, 0.717) is 11.0 Å². The van der Waals surface area contributed by atoms with Crippen molar-refractivity contribution in [2.45, 2.75) is 6.54 Å². The molecule has 0 bridgehead atoms. The third kappa shape index (κ3) is 3.90. The van der Waals surface area contributed by atoms with Gasteiger partial charge in [0.25, 0.3) is 17.0 Å². The summed E-state index contributed by atoms with van der Waals surface area (Å²) in [5.41, 5.74) is 0.363. The van der Waals surface area contributed by atoms with Crippen molar-refractivity contribution in [3.63, 3.8) is 0 Å². The van der Waals surface area contributed by atoms with Gasteiger partial charge in [0, 0.05) is 17.6 Å². The van der Waals surface area contributed by atoms with E-state index in [1.165, 1.54) is 10.6 Å². The van der Waals surface area contributed by atoms with Crippen molar-refractivity contribution in [2.75, 3.05) is 5.32 Å². The number of benzene rings is 1. The monoisotopic (exact) mass is 405 g/mol. The first-order valence-electron chi connectivity index (χ1n) is 8.69. The molecule has 1 amide bonds. The van der Waals surface area contributed by atoms with E-state index < -0.39 is 17.0 Å². The van der Waals surface area contributed by atoms with Gasteiger partial charge < -0.3 is 10.3 Å². The Balaban J connectivity index is 1.81. The first-order chi connectivity index (χ1) is 14.0. The van der Waals surface area contributed by atoms with Crippen molar-refractivity contribution in [3.05, 3.63) is 97.4 Å². The summed E-state index contributed by atoms with van der Waals surface area (Å²) in [7, 11) is 0. The minimum Gasteiger partial charge on any atom is -0.318 e. The Bertz CT molecular complexity index is 1360. The predicted molar refractivity (Wildman–Crippen MR) is 112 cm³/mol. The molecule has 1 aromatic carbocycles. The molecule has 0 aliphatic carbocycles. The average molecular weight is 405 g/mol. The van der Waals surface area contributed by atoms with Crippen LogP contribution < -0.4 is 16.4 Å². The quantitative estimate of drug-likeness (QED) is 0.452. The number of aromatic nitrogens is 4. The molecular weight excluding hydrogens is 390 g/mol. The fourth-order valence-electron chi connectivity index (χ4n) is 3.01. The fraction of sp³-hybridized carbons (Fsp3) is 0.0500. The number of aromatic amines is 2. The number of amides is 1. The third-order valence-electron chi connectivity index (χ3n) is 4.28. The van der Waals surface area contributed by atoms with Crippen LogP contribution in [0.15, 0.2) is 70.4 Å². The zero-order chi connectivity index (χ0) is 20.4. The standard InChI is InChI=1S/C20H15N5O3S/c26-16-10-15(23-20(29)24-16)22-18(27)14-9-13-7-4-8-21-17(13)25(19(14)28)11-12-5-2-1-3-6-12/h1-10H,11H2,(H3,22,23,24,26,27,29). The average Bonchev–Trinajstić information content (AvgIpc) is 2.70. The van der Waals surface area contributed by atoms with Gasteiger partial charge in [-0.15, -0.1) is 0 Å². The molecule has 3 aromatic heterocycles. The SMILES string of the molecule is O=C(Nc1cc(=O)[nH]c(=S)[nH]1)c1cc2cccnc2n(Cc2ccccc2)c1=O. The van der Waals surface area contributed by atoms with Crippen LogP contribution in [0, 0.1) is 4.77 Å². The number of hydrogen-bond donors (Lipinski definition) is 3. The predicted octanol–water partition coefficient (Wildman–Crippen LogP) is 2.44. The minimum absolute atomic E-state index is 0.0667. The van der Waals surface area contributed by atoms with E-state index >= 15 is 0 Å². The van der Waals surface area contributed by atoms with E-state index in [4.69, 9.17) is 12.2 Å². The number of carbonyl (C=O) groups excluding carboxylic acids is 1. The van der Waals surface area contributed by atoms with Crippen LogP contribution in [0.2, 0.25) is 0 Å². The second kappa shape index (κ2) is 7.64. The lowest BCUT2D eigenvalue weighted by atomic mass is 10.1. The maximum absolute atomic E-state index is 13.1. The second-order valence-electron chi connectivity index (χ2n) is 6.31. The van der Waals surface area contributed by atoms with Crippen molar-refractivity contribution in [1.29, 1.82) is 0 Å². The first-order valence-corrected chi connectivity index (χ1v) is 9.09. The van der Waals surface area contributed by atoms with Crippen LogP contribution >= 0.6 is 12.2 Å². The third-order valence-corrected chi connectivity index (χ3v) is 4.49. The molecule has 0 aliphatic heterocycles. The van der Waals surface area contributed by atoms with Crippen LogP contribution in [0.4, 0.5) is 5.82 Å². The minimum atomic E-state index is -0.654. The Morgan fingerprint density at radius 1 is 1.07 bits per heavy atom. The van der Waals surface area contributed by atoms with Crippen molar-refractivity contribution in [3.8, 4) is 0 Å². The van der Waals surface area contributed by atoms with E-state index in [2.05, 4.69) is 20.3 Å². The summed E-state index contributed by atoms with van der Waals surface area (Å²) in [4.78, 5) is 46.8. The second-order valence-corrected chi connectivity index (χ2v) is 6.71. The van der Waals surface area contributed by atoms with Gasteiger partial charge in [-0.2, -0.15) is 0 Å². The summed E-state index contributed by atoms with van der Waals surface area (Å²) in [6.07, 6.45) is 1.60. The van der Waals surface area contributed by atoms with Gasteiger partial charge in [0.2, 0.25) is 0 Å². The van der Waals surface area contributed by atoms with Gasteiger partial charge in [-0.05, 0) is 36.0 Å². The number of nitrogens with zero attached hydrogens (tertiary/aromatic N) is 2. The topological polar surface area (TPSA) is 113 Å². The molecule has 3 N–H and O–H groups in total. The first kappa shape index (κ1) is 18.5. The Morgan fingerprint density at radius 2 is 1.86 bits per heavy atom. The van der Waals surface area contributed by atoms with Crippen molar-refractivity contribution >= 4 is 35.0 Å². The van der Waals surface area contributed by atoms with Crippen molar-refractivity contribution in [2.24, 2.45) is 0 Å². The van der Waals surface area contributed by atoms with Gasteiger partial charge in [-0.25, -0.2) is 4.98 Å². The molecule has 0 saturated carbocycles. The molecule has 0 aliphatic rings. The highest BCUT2D eigenvalue weighted by molar-refractivity contribution is 7.71. The van der Waals surface area contributed by atoms with Gasteiger partial charge >= 0.3 is 0 Å². The zero-order valence-corrected chi connectivity index (χ0v) is 15.8. The van der Waals surface area contributed by atoms with Gasteiger partial charge in [0.15, 0.2) is 4.77 Å². The molecule has 0 unspecified atom stereocenters. The number of nitrogens with one attached hydrogen (secondary N) is 3. The number of hydrogen-bond acceptors (Lipinski definition) is 5. The normalized spacial score (nSPS) is 10.8. The number of carbonyl (C=O) groups is 1. The Labute approximate surface area is 168 Å². The highest BCUT2D eigenvalue weighted by Gasteiger charge is 2.17. The van der Waals surface area contributed by atoms with E-state index in [9.17, 15) is 14.4 Å². The van der Waals surface area contributed by atoms with Crippen molar-refractivity contribution < 1.29 is 4.79 Å². The van der Waals surface area contributed by atoms with Gasteiger partial charge in [0.1, 0.15) is 17.0 Å². The van der Waals surface area contributed by atoms with Crippen LogP contribution in [-0.2, 0) is 6.54 Å². The lowest BCUT2D eigenvalue weighted by Crippen LogP contribution is -2.30. The molecule has 0 fully saturated rings. The molecule has 9 heteroatoms. The number of fused-ring (bicyclic) bond motifs is 1. The zero-order valence-electron chi connectivity index (χ0n) is 15.0. The molecular formula is C20H15N5O3S. The lowest BCUT2D eigenvalue weighted by molar-refractivity contribution is 0.102. The van der Waals surface area contributed by atoms with E-state index in [1.54, 1.807) is 18.3 Å². The molecule has 4 aromatic rings. The Morgan fingerprint density at radius 3 is 2.62 bits per heavy atom. The molecule has 3 heterocycles. The summed E-state index contributed by atoms with van der Waals surface area (Å²) in [6, 6.07) is 15.6. The summed E-state index contributed by atoms with van der Waals surface area (Å²) >= 11 is 4.90. The highest BCUT2D eigenvalue weighted by atomic mass is 32.1. The Hall–Kier alpha value is -3.85. The maximum Gasteiger partial charge on any atom is 0.265 e. The molecule has 4 rings (SSSR count). The Kier molecular flexibility index (Phi) is 4.88. The molecule has 144 valence electrons. The van der Waals surface area contributed by atoms with Crippen LogP contribution in [0.5, 0.6) is 0 Å². The summed E-state index contributed by atoms with van der Waals surface area (Å²) in [6.45, 7) is 0.266. The lowest BCUT2D eigenvalue weighted by Gasteiger charge is -2.12. The number of rotatable bonds is 4. The summed E-state index contributed by atoms with van der Waals surface area (Å²) in [5.74, 6) is -0.553. The number of anilines is 1. The molecule has 0 spiro atoms. The van der Waals surface area contributed by atoms with E-state index in [-0.39, 0.29) is 22.7 Å². The molecule has 0 saturated heterocycles.